The van der Waals surface area contributed by atoms with Gasteiger partial charge in [-0.1, -0.05) is 60.7 Å². The van der Waals surface area contributed by atoms with E-state index in [1.165, 1.54) is 47.1 Å². The fourth-order valence-corrected chi connectivity index (χ4v) is 5.92. The monoisotopic (exact) mass is 557 g/mol. The third-order valence-electron chi connectivity index (χ3n) is 7.56. The van der Waals surface area contributed by atoms with Gasteiger partial charge in [0.2, 0.25) is 10.0 Å². The molecule has 1 aliphatic rings. The zero-order valence-electron chi connectivity index (χ0n) is 22.9. The number of ether oxygens (including phenoxy) is 1. The van der Waals surface area contributed by atoms with Gasteiger partial charge in [0.1, 0.15) is 0 Å². The van der Waals surface area contributed by atoms with E-state index in [1.54, 1.807) is 6.08 Å². The molecule has 3 aromatic carbocycles. The average Bonchev–Trinajstić information content (AvgIpc) is 3.57. The molecule has 0 fully saturated rings. The van der Waals surface area contributed by atoms with E-state index in [9.17, 15) is 13.2 Å². The maximum atomic E-state index is 11.5. The largest absolute Gasteiger partial charge is 0.466 e. The number of H-pyrrole nitrogens is 1. The Bertz CT molecular complexity index is 1620. The fourth-order valence-electron chi connectivity index (χ4n) is 5.49. The summed E-state index contributed by atoms with van der Waals surface area (Å²) < 4.78 is 30.2. The summed E-state index contributed by atoms with van der Waals surface area (Å²) in [5, 5.41) is 1.26. The van der Waals surface area contributed by atoms with Gasteiger partial charge in [-0.2, -0.15) is 0 Å². The van der Waals surface area contributed by atoms with Crippen molar-refractivity contribution in [3.8, 4) is 0 Å². The molecule has 8 heteroatoms. The number of hydrogen-bond donors (Lipinski definition) is 2. The predicted octanol–water partition coefficient (Wildman–Crippen LogP) is 5.14. The van der Waals surface area contributed by atoms with Crippen molar-refractivity contribution in [2.24, 2.45) is 0 Å². The first-order chi connectivity index (χ1) is 19.3. The third-order valence-corrected chi connectivity index (χ3v) is 8.23. The van der Waals surface area contributed by atoms with Crippen molar-refractivity contribution < 1.29 is 17.9 Å². The lowest BCUT2D eigenvalue weighted by molar-refractivity contribution is -0.134. The number of nitrogens with one attached hydrogen (secondary N) is 2. The SMILES string of the molecule is COC(=O)C=Cc1ccc2c(c1)CCC2N(CCc1c[nH]c2ccccc12)Cc1ccc(CNS(C)(=O)=O)cc1. The number of benzene rings is 3. The number of sulfonamides is 1. The lowest BCUT2D eigenvalue weighted by Gasteiger charge is -2.30. The first kappa shape index (κ1) is 27.8. The van der Waals surface area contributed by atoms with Gasteiger partial charge in [-0.15, -0.1) is 0 Å². The molecule has 0 spiro atoms. The standard InChI is InChI=1S/C32H35N3O4S/c1-39-32(36)16-12-23-11-14-29-26(19-23)13-15-31(29)35(18-17-27-21-33-30-6-4-3-5-28(27)30)22-25-9-7-24(8-10-25)20-34-40(2,37)38/h3-12,14,16,19,21,31,33-34H,13,15,17-18,20,22H2,1-2H3. The smallest absolute Gasteiger partial charge is 0.330 e. The van der Waals surface area contributed by atoms with Crippen molar-refractivity contribution in [2.75, 3.05) is 19.9 Å². The highest BCUT2D eigenvalue weighted by Crippen LogP contribution is 2.37. The molecule has 1 aliphatic carbocycles. The van der Waals surface area contributed by atoms with Crippen molar-refractivity contribution in [3.63, 3.8) is 0 Å². The lowest BCUT2D eigenvalue weighted by Crippen LogP contribution is -2.29. The molecule has 0 saturated carbocycles. The summed E-state index contributed by atoms with van der Waals surface area (Å²) in [7, 11) is -1.86. The van der Waals surface area contributed by atoms with Crippen LogP contribution in [0.5, 0.6) is 0 Å². The minimum absolute atomic E-state index is 0.283. The van der Waals surface area contributed by atoms with Crippen LogP contribution in [0.3, 0.4) is 0 Å². The average molecular weight is 558 g/mol. The van der Waals surface area contributed by atoms with Crippen LogP contribution in [0.25, 0.3) is 17.0 Å². The summed E-state index contributed by atoms with van der Waals surface area (Å²) in [5.74, 6) is -0.361. The zero-order chi connectivity index (χ0) is 28.1. The van der Waals surface area contributed by atoms with Crippen molar-refractivity contribution in [3.05, 3.63) is 112 Å². The Morgan fingerprint density at radius 1 is 1.10 bits per heavy atom. The van der Waals surface area contributed by atoms with E-state index in [2.05, 4.69) is 69.3 Å². The molecule has 0 radical (unpaired) electrons. The van der Waals surface area contributed by atoms with Gasteiger partial charge in [0.05, 0.1) is 13.4 Å². The number of hydrogen-bond acceptors (Lipinski definition) is 5. The van der Waals surface area contributed by atoms with Crippen LogP contribution >= 0.6 is 0 Å². The van der Waals surface area contributed by atoms with E-state index in [0.29, 0.717) is 0 Å². The van der Waals surface area contributed by atoms with Crippen LogP contribution in [-0.4, -0.2) is 44.2 Å². The number of aromatic amines is 1. The van der Waals surface area contributed by atoms with Crippen molar-refractivity contribution >= 4 is 33.0 Å². The number of fused-ring (bicyclic) bond motifs is 2. The zero-order valence-corrected chi connectivity index (χ0v) is 23.7. The number of carbonyl (C=O) groups excluding carboxylic acids is 1. The molecule has 0 amide bonds. The molecule has 0 bridgehead atoms. The molecule has 7 nitrogen and oxygen atoms in total. The van der Waals surface area contributed by atoms with E-state index in [4.69, 9.17) is 4.74 Å². The van der Waals surface area contributed by atoms with Gasteiger partial charge in [-0.05, 0) is 64.8 Å². The Morgan fingerprint density at radius 3 is 2.65 bits per heavy atom. The van der Waals surface area contributed by atoms with Crippen LogP contribution in [-0.2, 0) is 45.5 Å². The number of aromatic nitrogens is 1. The number of aryl methyl sites for hydroxylation is 1. The number of methoxy groups -OCH3 is 1. The number of para-hydroxylation sites is 1. The molecule has 1 unspecified atom stereocenters. The molecule has 1 aromatic heterocycles. The first-order valence-corrected chi connectivity index (χ1v) is 15.4. The van der Waals surface area contributed by atoms with E-state index < -0.39 is 10.0 Å². The summed E-state index contributed by atoms with van der Waals surface area (Å²) in [6.45, 7) is 1.97. The molecule has 0 saturated heterocycles. The maximum Gasteiger partial charge on any atom is 0.330 e. The minimum atomic E-state index is -3.24. The van der Waals surface area contributed by atoms with Gasteiger partial charge >= 0.3 is 5.97 Å². The van der Waals surface area contributed by atoms with Crippen molar-refractivity contribution in [1.82, 2.24) is 14.6 Å². The van der Waals surface area contributed by atoms with Crippen LogP contribution < -0.4 is 4.72 Å². The normalized spacial score (nSPS) is 15.2. The van der Waals surface area contributed by atoms with Gasteiger partial charge in [0.15, 0.2) is 0 Å². The highest BCUT2D eigenvalue weighted by atomic mass is 32.2. The predicted molar refractivity (Wildman–Crippen MR) is 159 cm³/mol. The molecule has 1 heterocycles. The number of carbonyl (C=O) groups is 1. The summed E-state index contributed by atoms with van der Waals surface area (Å²) in [4.78, 5) is 17.5. The Kier molecular flexibility index (Phi) is 8.49. The van der Waals surface area contributed by atoms with E-state index >= 15 is 0 Å². The molecular formula is C32H35N3O4S. The van der Waals surface area contributed by atoms with Gasteiger partial charge in [0, 0.05) is 48.9 Å². The molecule has 2 N–H and O–H groups in total. The van der Waals surface area contributed by atoms with E-state index in [1.807, 2.05) is 18.2 Å². The summed E-state index contributed by atoms with van der Waals surface area (Å²) in [6.07, 6.45) is 9.49. The topological polar surface area (TPSA) is 91.5 Å². The Morgan fingerprint density at radius 2 is 1.88 bits per heavy atom. The van der Waals surface area contributed by atoms with E-state index in [-0.39, 0.29) is 18.6 Å². The summed E-state index contributed by atoms with van der Waals surface area (Å²) in [5.41, 5.74) is 8.23. The van der Waals surface area contributed by atoms with Crippen LogP contribution in [0, 0.1) is 0 Å². The number of esters is 1. The van der Waals surface area contributed by atoms with Crippen LogP contribution in [0.4, 0.5) is 0 Å². The second-order valence-corrected chi connectivity index (χ2v) is 12.2. The Hall–Kier alpha value is -3.72. The third kappa shape index (κ3) is 6.88. The second-order valence-electron chi connectivity index (χ2n) is 10.4. The van der Waals surface area contributed by atoms with Crippen molar-refractivity contribution in [2.45, 2.75) is 38.4 Å². The van der Waals surface area contributed by atoms with Gasteiger partial charge in [0.25, 0.3) is 0 Å². The summed E-state index contributed by atoms with van der Waals surface area (Å²) >= 11 is 0. The van der Waals surface area contributed by atoms with Gasteiger partial charge in [-0.3, -0.25) is 4.90 Å². The Balaban J connectivity index is 1.37. The first-order valence-electron chi connectivity index (χ1n) is 13.5. The summed E-state index contributed by atoms with van der Waals surface area (Å²) in [6, 6.07) is 23.3. The Labute approximate surface area is 235 Å². The molecule has 5 rings (SSSR count). The van der Waals surface area contributed by atoms with Gasteiger partial charge < -0.3 is 9.72 Å². The van der Waals surface area contributed by atoms with E-state index in [0.717, 1.165) is 49.0 Å². The lowest BCUT2D eigenvalue weighted by atomic mass is 10.0. The van der Waals surface area contributed by atoms with Crippen LogP contribution in [0.15, 0.2) is 79.0 Å². The maximum absolute atomic E-state index is 11.5. The quantitative estimate of drug-likeness (QED) is 0.197. The molecule has 208 valence electrons. The molecule has 40 heavy (non-hydrogen) atoms. The highest BCUT2D eigenvalue weighted by molar-refractivity contribution is 7.88. The van der Waals surface area contributed by atoms with Crippen LogP contribution in [0.2, 0.25) is 0 Å². The van der Waals surface area contributed by atoms with Gasteiger partial charge in [-0.25, -0.2) is 17.9 Å². The molecular weight excluding hydrogens is 522 g/mol. The van der Waals surface area contributed by atoms with Crippen LogP contribution in [0.1, 0.15) is 45.8 Å². The molecule has 4 aromatic rings. The molecule has 0 aliphatic heterocycles. The number of rotatable bonds is 11. The number of nitrogens with zero attached hydrogens (tertiary/aromatic N) is 1. The fraction of sp³-hybridized carbons (Fsp3) is 0.281. The minimum Gasteiger partial charge on any atom is -0.466 e. The van der Waals surface area contributed by atoms with Crippen molar-refractivity contribution in [1.29, 1.82) is 0 Å². The molecule has 1 atom stereocenters. The highest BCUT2D eigenvalue weighted by Gasteiger charge is 2.28. The second kappa shape index (κ2) is 12.2.